The Labute approximate surface area is 361 Å². The van der Waals surface area contributed by atoms with Crippen LogP contribution in [0, 0.1) is 0 Å². The predicted molar refractivity (Wildman–Crippen MR) is 251 cm³/mol. The van der Waals surface area contributed by atoms with Gasteiger partial charge in [0, 0.05) is 19.3 Å². The first-order chi connectivity index (χ1) is 29.0. The van der Waals surface area contributed by atoms with E-state index in [1.807, 2.05) is 12.2 Å². The molecule has 0 N–H and O–H groups in total. The molecule has 0 aromatic heterocycles. The number of rotatable bonds is 40. The molecule has 6 heteroatoms. The molecule has 0 rings (SSSR count). The summed E-state index contributed by atoms with van der Waals surface area (Å²) in [7, 11) is 0. The van der Waals surface area contributed by atoms with Crippen LogP contribution < -0.4 is 0 Å². The summed E-state index contributed by atoms with van der Waals surface area (Å²) in [5.74, 6) is -1.08. The Kier molecular flexibility index (Phi) is 43.6. The molecule has 0 fully saturated rings. The van der Waals surface area contributed by atoms with Crippen molar-refractivity contribution >= 4 is 17.9 Å². The second kappa shape index (κ2) is 46.8. The van der Waals surface area contributed by atoms with Crippen LogP contribution in [0.5, 0.6) is 0 Å². The van der Waals surface area contributed by atoms with Crippen molar-refractivity contribution < 1.29 is 28.6 Å². The first kappa shape index (κ1) is 55.1. The van der Waals surface area contributed by atoms with Crippen molar-refractivity contribution in [3.05, 3.63) is 109 Å². The van der Waals surface area contributed by atoms with E-state index in [0.29, 0.717) is 19.3 Å². The summed E-state index contributed by atoms with van der Waals surface area (Å²) < 4.78 is 16.6. The molecule has 0 saturated heterocycles. The van der Waals surface area contributed by atoms with Crippen LogP contribution in [-0.2, 0) is 28.6 Å². The second-order valence-electron chi connectivity index (χ2n) is 14.9. The van der Waals surface area contributed by atoms with Gasteiger partial charge in [0.2, 0.25) is 0 Å². The van der Waals surface area contributed by atoms with Crippen molar-refractivity contribution in [3.63, 3.8) is 0 Å². The molecular formula is C53H84O6. The average Bonchev–Trinajstić information content (AvgIpc) is 3.23. The Hall–Kier alpha value is -3.93. The van der Waals surface area contributed by atoms with Crippen molar-refractivity contribution in [2.45, 2.75) is 194 Å². The van der Waals surface area contributed by atoms with Gasteiger partial charge in [-0.05, 0) is 109 Å². The van der Waals surface area contributed by atoms with Gasteiger partial charge >= 0.3 is 17.9 Å². The lowest BCUT2D eigenvalue weighted by atomic mass is 10.1. The number of carbonyl (C=O) groups is 3. The first-order valence-corrected chi connectivity index (χ1v) is 23.4. The molecule has 0 amide bonds. The highest BCUT2D eigenvalue weighted by atomic mass is 16.6. The summed E-state index contributed by atoms with van der Waals surface area (Å²) in [5, 5.41) is 0. The number of ether oxygens (including phenoxy) is 3. The van der Waals surface area contributed by atoms with Gasteiger partial charge in [-0.15, -0.1) is 0 Å². The maximum absolute atomic E-state index is 12.7. The molecule has 332 valence electrons. The van der Waals surface area contributed by atoms with E-state index < -0.39 is 6.10 Å². The highest BCUT2D eigenvalue weighted by molar-refractivity contribution is 5.71. The SMILES string of the molecule is CC/C=C\C/C=C\C/C=C\C/C=C\C/C=C\CCC(=O)OCC(COC(=O)CCCC/C=C\C/C=C\C/C=C\CC)OC(=O)CCCCC/C=C\CCCCCCCC. The number of allylic oxidation sites excluding steroid dienone is 18. The summed E-state index contributed by atoms with van der Waals surface area (Å²) in [5.41, 5.74) is 0. The topological polar surface area (TPSA) is 78.9 Å². The molecule has 6 nitrogen and oxygen atoms in total. The Balaban J connectivity index is 4.59. The zero-order valence-electron chi connectivity index (χ0n) is 37.7. The van der Waals surface area contributed by atoms with Gasteiger partial charge in [0.05, 0.1) is 0 Å². The summed E-state index contributed by atoms with van der Waals surface area (Å²) >= 11 is 0. The lowest BCUT2D eigenvalue weighted by Gasteiger charge is -2.18. The number of unbranched alkanes of at least 4 members (excludes halogenated alkanes) is 11. The lowest BCUT2D eigenvalue weighted by molar-refractivity contribution is -0.166. The maximum Gasteiger partial charge on any atom is 0.306 e. The summed E-state index contributed by atoms with van der Waals surface area (Å²) in [6, 6.07) is 0. The fraction of sp³-hybridized carbons (Fsp3) is 0.604. The van der Waals surface area contributed by atoms with Crippen molar-refractivity contribution in [1.82, 2.24) is 0 Å². The zero-order chi connectivity index (χ0) is 43.0. The summed E-state index contributed by atoms with van der Waals surface area (Å²) in [6.07, 6.45) is 62.3. The normalized spacial score (nSPS) is 13.1. The summed E-state index contributed by atoms with van der Waals surface area (Å²) in [4.78, 5) is 37.8. The molecule has 59 heavy (non-hydrogen) atoms. The largest absolute Gasteiger partial charge is 0.462 e. The van der Waals surface area contributed by atoms with Gasteiger partial charge in [-0.2, -0.15) is 0 Å². The van der Waals surface area contributed by atoms with Crippen LogP contribution in [0.2, 0.25) is 0 Å². The average molecular weight is 817 g/mol. The smallest absolute Gasteiger partial charge is 0.306 e. The minimum absolute atomic E-state index is 0.129. The van der Waals surface area contributed by atoms with Crippen LogP contribution in [0.15, 0.2) is 109 Å². The summed E-state index contributed by atoms with van der Waals surface area (Å²) in [6.45, 7) is 6.25. The van der Waals surface area contributed by atoms with Crippen LogP contribution in [0.4, 0.5) is 0 Å². The van der Waals surface area contributed by atoms with E-state index >= 15 is 0 Å². The minimum atomic E-state index is -0.831. The Morgan fingerprint density at radius 3 is 1.19 bits per heavy atom. The Morgan fingerprint density at radius 1 is 0.356 bits per heavy atom. The van der Waals surface area contributed by atoms with Crippen LogP contribution >= 0.6 is 0 Å². The Morgan fingerprint density at radius 2 is 0.695 bits per heavy atom. The van der Waals surface area contributed by atoms with Crippen molar-refractivity contribution in [3.8, 4) is 0 Å². The van der Waals surface area contributed by atoms with Crippen LogP contribution in [0.1, 0.15) is 188 Å². The fourth-order valence-corrected chi connectivity index (χ4v) is 5.79. The quantitative estimate of drug-likeness (QED) is 0.0265. The molecule has 0 bridgehead atoms. The molecule has 0 aromatic carbocycles. The van der Waals surface area contributed by atoms with E-state index in [0.717, 1.165) is 96.3 Å². The highest BCUT2D eigenvalue weighted by Gasteiger charge is 2.19. The molecule has 0 heterocycles. The number of esters is 3. The predicted octanol–water partition coefficient (Wildman–Crippen LogP) is 15.2. The van der Waals surface area contributed by atoms with E-state index in [-0.39, 0.29) is 44.0 Å². The molecule has 0 aromatic rings. The highest BCUT2D eigenvalue weighted by Crippen LogP contribution is 2.11. The standard InChI is InChI=1S/C53H84O6/c1-4-7-10-13-16-19-22-25-26-27-29-31-34-37-40-43-46-52(55)58-49-50(48-57-51(54)45-42-39-36-33-30-24-21-18-15-12-9-6-3)59-53(56)47-44-41-38-35-32-28-23-20-17-14-11-8-5-2/h7,9-10,12,16,18-19,21,25-26,28-33,37,40,50H,4-6,8,11,13-15,17,20,22-24,27,34-36,38-39,41-49H2,1-3H3/b10-7-,12-9-,19-16-,21-18-,26-25-,31-29-,32-28-,33-30-,40-37-. The number of hydrogen-bond donors (Lipinski definition) is 0. The first-order valence-electron chi connectivity index (χ1n) is 23.4. The van der Waals surface area contributed by atoms with Gasteiger partial charge in [0.25, 0.3) is 0 Å². The lowest BCUT2D eigenvalue weighted by Crippen LogP contribution is -2.30. The third-order valence-electron chi connectivity index (χ3n) is 9.26. The molecule has 1 atom stereocenters. The van der Waals surface area contributed by atoms with Crippen LogP contribution in [0.25, 0.3) is 0 Å². The van der Waals surface area contributed by atoms with Gasteiger partial charge < -0.3 is 14.2 Å². The van der Waals surface area contributed by atoms with Crippen molar-refractivity contribution in [2.75, 3.05) is 13.2 Å². The molecule has 0 aliphatic heterocycles. The zero-order valence-corrected chi connectivity index (χ0v) is 37.7. The number of carbonyl (C=O) groups excluding carboxylic acids is 3. The van der Waals surface area contributed by atoms with Gasteiger partial charge in [-0.25, -0.2) is 0 Å². The Bertz CT molecular complexity index is 1260. The van der Waals surface area contributed by atoms with Gasteiger partial charge in [-0.3, -0.25) is 14.4 Å². The molecule has 0 aliphatic carbocycles. The third kappa shape index (κ3) is 45.0. The van der Waals surface area contributed by atoms with Gasteiger partial charge in [0.15, 0.2) is 6.10 Å². The molecule has 0 saturated carbocycles. The minimum Gasteiger partial charge on any atom is -0.462 e. The monoisotopic (exact) mass is 817 g/mol. The van der Waals surface area contributed by atoms with Gasteiger partial charge in [0.1, 0.15) is 13.2 Å². The second-order valence-corrected chi connectivity index (χ2v) is 14.9. The molecule has 1 unspecified atom stereocenters. The van der Waals surface area contributed by atoms with E-state index in [2.05, 4.69) is 118 Å². The fourth-order valence-electron chi connectivity index (χ4n) is 5.79. The van der Waals surface area contributed by atoms with E-state index in [1.54, 1.807) is 0 Å². The van der Waals surface area contributed by atoms with Crippen LogP contribution in [0.3, 0.4) is 0 Å². The van der Waals surface area contributed by atoms with Crippen molar-refractivity contribution in [1.29, 1.82) is 0 Å². The van der Waals surface area contributed by atoms with E-state index in [1.165, 1.54) is 38.5 Å². The maximum atomic E-state index is 12.7. The third-order valence-corrected chi connectivity index (χ3v) is 9.26. The molecule has 0 aliphatic rings. The van der Waals surface area contributed by atoms with Crippen molar-refractivity contribution in [2.24, 2.45) is 0 Å². The van der Waals surface area contributed by atoms with E-state index in [9.17, 15) is 14.4 Å². The van der Waals surface area contributed by atoms with E-state index in [4.69, 9.17) is 14.2 Å². The molecule has 0 spiro atoms. The van der Waals surface area contributed by atoms with Crippen LogP contribution in [-0.4, -0.2) is 37.2 Å². The molecular weight excluding hydrogens is 733 g/mol. The van der Waals surface area contributed by atoms with Gasteiger partial charge in [-0.1, -0.05) is 169 Å². The number of hydrogen-bond acceptors (Lipinski definition) is 6. The molecule has 0 radical (unpaired) electrons.